The molecular formula is C26H28ClN3O4S2. The molecule has 0 bridgehead atoms. The SMILES string of the molecule is COc1ccccc1N1CCN(S(=O)(=O)c2ccc(NC(=O)CCSc3ccc(Cl)cc3)cc2)CC1. The maximum absolute atomic E-state index is 13.2. The van der Waals surface area contributed by atoms with Gasteiger partial charge < -0.3 is 15.0 Å². The molecule has 0 unspecified atom stereocenters. The van der Waals surface area contributed by atoms with Gasteiger partial charge in [-0.3, -0.25) is 4.79 Å². The average molecular weight is 546 g/mol. The highest BCUT2D eigenvalue weighted by Crippen LogP contribution is 2.29. The fraction of sp³-hybridized carbons (Fsp3) is 0.269. The Morgan fingerprint density at radius 3 is 2.31 bits per heavy atom. The average Bonchev–Trinajstić information content (AvgIpc) is 2.90. The number of sulfonamides is 1. The predicted octanol–water partition coefficient (Wildman–Crippen LogP) is 4.98. The summed E-state index contributed by atoms with van der Waals surface area (Å²) in [4.78, 5) is 15.7. The lowest BCUT2D eigenvalue weighted by Gasteiger charge is -2.35. The second kappa shape index (κ2) is 12.0. The van der Waals surface area contributed by atoms with E-state index < -0.39 is 10.0 Å². The largest absolute Gasteiger partial charge is 0.495 e. The highest BCUT2D eigenvalue weighted by molar-refractivity contribution is 7.99. The molecule has 190 valence electrons. The highest BCUT2D eigenvalue weighted by Gasteiger charge is 2.29. The van der Waals surface area contributed by atoms with E-state index in [0.717, 1.165) is 16.3 Å². The number of hydrogen-bond donors (Lipinski definition) is 1. The number of methoxy groups -OCH3 is 1. The molecular weight excluding hydrogens is 518 g/mol. The Kier molecular flexibility index (Phi) is 8.79. The summed E-state index contributed by atoms with van der Waals surface area (Å²) in [6.45, 7) is 1.90. The Morgan fingerprint density at radius 2 is 1.64 bits per heavy atom. The van der Waals surface area contributed by atoms with Crippen LogP contribution >= 0.6 is 23.4 Å². The monoisotopic (exact) mass is 545 g/mol. The number of carbonyl (C=O) groups is 1. The number of benzene rings is 3. The first-order valence-electron chi connectivity index (χ1n) is 11.5. The summed E-state index contributed by atoms with van der Waals surface area (Å²) in [5, 5.41) is 3.51. The van der Waals surface area contributed by atoms with Crippen LogP contribution in [0.15, 0.2) is 82.6 Å². The molecule has 10 heteroatoms. The van der Waals surface area contributed by atoms with E-state index in [1.54, 1.807) is 43.1 Å². The molecule has 0 spiro atoms. The number of piperazine rings is 1. The maximum Gasteiger partial charge on any atom is 0.243 e. The maximum atomic E-state index is 13.2. The molecule has 1 amide bonds. The summed E-state index contributed by atoms with van der Waals surface area (Å²) in [5.74, 6) is 1.27. The predicted molar refractivity (Wildman–Crippen MR) is 146 cm³/mol. The van der Waals surface area contributed by atoms with Crippen molar-refractivity contribution in [1.82, 2.24) is 4.31 Å². The molecule has 7 nitrogen and oxygen atoms in total. The molecule has 1 N–H and O–H groups in total. The van der Waals surface area contributed by atoms with Gasteiger partial charge in [0.1, 0.15) is 5.75 Å². The first kappa shape index (κ1) is 26.3. The summed E-state index contributed by atoms with van der Waals surface area (Å²) < 4.78 is 33.3. The molecule has 0 aliphatic carbocycles. The zero-order valence-electron chi connectivity index (χ0n) is 19.9. The summed E-state index contributed by atoms with van der Waals surface area (Å²) in [5.41, 5.74) is 1.53. The first-order valence-corrected chi connectivity index (χ1v) is 14.3. The van der Waals surface area contributed by atoms with Crippen LogP contribution < -0.4 is 15.0 Å². The van der Waals surface area contributed by atoms with Crippen molar-refractivity contribution in [2.75, 3.05) is 49.3 Å². The highest BCUT2D eigenvalue weighted by atomic mass is 35.5. The summed E-state index contributed by atoms with van der Waals surface area (Å²) in [6, 6.07) is 21.5. The molecule has 0 radical (unpaired) electrons. The minimum atomic E-state index is -3.63. The first-order chi connectivity index (χ1) is 17.4. The van der Waals surface area contributed by atoms with Gasteiger partial charge in [-0.1, -0.05) is 23.7 Å². The smallest absolute Gasteiger partial charge is 0.243 e. The van der Waals surface area contributed by atoms with Crippen LogP contribution in [0.3, 0.4) is 0 Å². The standard InChI is InChI=1S/C26H28ClN3O4S2/c1-34-25-5-3-2-4-24(25)29-15-17-30(18-16-29)36(32,33)23-12-8-21(9-13-23)28-26(31)14-19-35-22-10-6-20(27)7-11-22/h2-13H,14-19H2,1H3,(H,28,31). The van der Waals surface area contributed by atoms with Crippen molar-refractivity contribution in [2.45, 2.75) is 16.2 Å². The Balaban J connectivity index is 1.29. The van der Waals surface area contributed by atoms with E-state index in [-0.39, 0.29) is 10.8 Å². The van der Waals surface area contributed by atoms with E-state index in [0.29, 0.717) is 49.1 Å². The third kappa shape index (κ3) is 6.53. The molecule has 1 saturated heterocycles. The van der Waals surface area contributed by atoms with Crippen molar-refractivity contribution in [3.8, 4) is 5.75 Å². The lowest BCUT2D eigenvalue weighted by molar-refractivity contribution is -0.115. The summed E-state index contributed by atoms with van der Waals surface area (Å²) in [6.07, 6.45) is 0.337. The second-order valence-electron chi connectivity index (χ2n) is 8.19. The van der Waals surface area contributed by atoms with E-state index in [4.69, 9.17) is 16.3 Å². The molecule has 4 rings (SSSR count). The van der Waals surface area contributed by atoms with Gasteiger partial charge >= 0.3 is 0 Å². The zero-order valence-corrected chi connectivity index (χ0v) is 22.3. The molecule has 36 heavy (non-hydrogen) atoms. The summed E-state index contributed by atoms with van der Waals surface area (Å²) in [7, 11) is -2.00. The third-order valence-corrected chi connectivity index (χ3v) is 9.03. The van der Waals surface area contributed by atoms with Crippen LogP contribution in [-0.4, -0.2) is 57.7 Å². The van der Waals surface area contributed by atoms with Crippen LogP contribution in [0.1, 0.15) is 6.42 Å². The van der Waals surface area contributed by atoms with Gasteiger partial charge in [-0.25, -0.2) is 8.42 Å². The lowest BCUT2D eigenvalue weighted by atomic mass is 10.2. The molecule has 0 atom stereocenters. The van der Waals surface area contributed by atoms with Crippen LogP contribution in [0.5, 0.6) is 5.75 Å². The number of thioether (sulfide) groups is 1. The van der Waals surface area contributed by atoms with E-state index in [9.17, 15) is 13.2 Å². The van der Waals surface area contributed by atoms with Crippen LogP contribution in [0, 0.1) is 0 Å². The fourth-order valence-electron chi connectivity index (χ4n) is 3.94. The number of nitrogens with zero attached hydrogens (tertiary/aromatic N) is 2. The van der Waals surface area contributed by atoms with Gasteiger partial charge in [-0.05, 0) is 60.7 Å². The zero-order chi connectivity index (χ0) is 25.5. The fourth-order valence-corrected chi connectivity index (χ4v) is 6.34. The number of amides is 1. The molecule has 1 aliphatic heterocycles. The van der Waals surface area contributed by atoms with Crippen LogP contribution in [0.4, 0.5) is 11.4 Å². The van der Waals surface area contributed by atoms with Gasteiger partial charge in [-0.2, -0.15) is 4.31 Å². The Hall–Kier alpha value is -2.72. The van der Waals surface area contributed by atoms with Crippen molar-refractivity contribution in [1.29, 1.82) is 0 Å². The van der Waals surface area contributed by atoms with Gasteiger partial charge in [0.2, 0.25) is 15.9 Å². The Morgan fingerprint density at radius 1 is 0.972 bits per heavy atom. The van der Waals surface area contributed by atoms with Gasteiger partial charge in [0, 0.05) is 54.0 Å². The van der Waals surface area contributed by atoms with Crippen LogP contribution in [-0.2, 0) is 14.8 Å². The molecule has 1 heterocycles. The van der Waals surface area contributed by atoms with E-state index >= 15 is 0 Å². The van der Waals surface area contributed by atoms with E-state index in [1.807, 2.05) is 48.5 Å². The van der Waals surface area contributed by atoms with Crippen molar-refractivity contribution >= 4 is 50.7 Å². The number of halogens is 1. The third-order valence-electron chi connectivity index (χ3n) is 5.85. The number of ether oxygens (including phenoxy) is 1. The molecule has 3 aromatic rings. The van der Waals surface area contributed by atoms with Gasteiger partial charge in [-0.15, -0.1) is 11.8 Å². The number of carbonyl (C=O) groups excluding carboxylic acids is 1. The molecule has 3 aromatic carbocycles. The van der Waals surface area contributed by atoms with Gasteiger partial charge in [0.15, 0.2) is 0 Å². The Bertz CT molecular complexity index is 1280. The van der Waals surface area contributed by atoms with Crippen LogP contribution in [0.2, 0.25) is 5.02 Å². The topological polar surface area (TPSA) is 79.0 Å². The minimum absolute atomic E-state index is 0.125. The number of rotatable bonds is 9. The summed E-state index contributed by atoms with van der Waals surface area (Å²) >= 11 is 7.46. The van der Waals surface area contributed by atoms with Gasteiger partial charge in [0.25, 0.3) is 0 Å². The lowest BCUT2D eigenvalue weighted by Crippen LogP contribution is -2.48. The quantitative estimate of drug-likeness (QED) is 0.382. The van der Waals surface area contributed by atoms with E-state index in [2.05, 4.69) is 10.2 Å². The normalized spacial score (nSPS) is 14.4. The van der Waals surface area contributed by atoms with Gasteiger partial charge in [0.05, 0.1) is 17.7 Å². The number of para-hydroxylation sites is 2. The van der Waals surface area contributed by atoms with Crippen molar-refractivity contribution in [2.24, 2.45) is 0 Å². The molecule has 1 fully saturated rings. The number of anilines is 2. The molecule has 1 aliphatic rings. The Labute approximate surface area is 221 Å². The molecule has 0 saturated carbocycles. The minimum Gasteiger partial charge on any atom is -0.495 e. The van der Waals surface area contributed by atoms with Crippen molar-refractivity contribution in [3.05, 3.63) is 77.8 Å². The van der Waals surface area contributed by atoms with E-state index in [1.165, 1.54) is 4.31 Å². The number of hydrogen-bond acceptors (Lipinski definition) is 6. The van der Waals surface area contributed by atoms with Crippen molar-refractivity contribution in [3.63, 3.8) is 0 Å². The second-order valence-corrected chi connectivity index (χ2v) is 11.7. The van der Waals surface area contributed by atoms with Crippen LogP contribution in [0.25, 0.3) is 0 Å². The van der Waals surface area contributed by atoms with Crippen molar-refractivity contribution < 1.29 is 17.9 Å². The molecule has 0 aromatic heterocycles. The number of nitrogens with one attached hydrogen (secondary N) is 1.